The lowest BCUT2D eigenvalue weighted by molar-refractivity contribution is -0.131. The first kappa shape index (κ1) is 20.2. The lowest BCUT2D eigenvalue weighted by Crippen LogP contribution is -2.30. The van der Waals surface area contributed by atoms with E-state index in [1.54, 1.807) is 12.3 Å². The van der Waals surface area contributed by atoms with E-state index in [2.05, 4.69) is 10.2 Å². The van der Waals surface area contributed by atoms with Crippen LogP contribution >= 0.6 is 11.6 Å². The zero-order valence-electron chi connectivity index (χ0n) is 17.6. The Bertz CT molecular complexity index is 1430. The van der Waals surface area contributed by atoms with Crippen molar-refractivity contribution < 1.29 is 13.6 Å². The topological polar surface area (TPSA) is 84.1 Å². The first-order valence-corrected chi connectivity index (χ1v) is 11.3. The van der Waals surface area contributed by atoms with E-state index >= 15 is 4.39 Å². The van der Waals surface area contributed by atoms with E-state index in [0.29, 0.717) is 30.9 Å². The van der Waals surface area contributed by atoms with Crippen molar-refractivity contribution >= 4 is 28.5 Å². The Labute approximate surface area is 192 Å². The predicted octanol–water partition coefficient (Wildman–Crippen LogP) is 4.49. The summed E-state index contributed by atoms with van der Waals surface area (Å²) in [5.74, 6) is -0.126. The van der Waals surface area contributed by atoms with Gasteiger partial charge in [0.05, 0.1) is 11.3 Å². The van der Waals surface area contributed by atoms with Crippen LogP contribution in [0, 0.1) is 11.7 Å². The van der Waals surface area contributed by atoms with Gasteiger partial charge < -0.3 is 9.32 Å². The van der Waals surface area contributed by atoms with Gasteiger partial charge >= 0.3 is 5.69 Å². The third kappa shape index (κ3) is 3.45. The number of aromatic nitrogens is 3. The number of H-pyrrole nitrogens is 1. The number of benzene rings is 2. The number of fused-ring (bicyclic) bond motifs is 1. The zero-order valence-corrected chi connectivity index (χ0v) is 18.3. The van der Waals surface area contributed by atoms with Gasteiger partial charge in [0.25, 0.3) is 0 Å². The second-order valence-corrected chi connectivity index (χ2v) is 9.14. The highest BCUT2D eigenvalue weighted by atomic mass is 35.5. The van der Waals surface area contributed by atoms with Crippen molar-refractivity contribution in [1.29, 1.82) is 0 Å². The smallest absolute Gasteiger partial charge is 0.348 e. The van der Waals surface area contributed by atoms with Crippen LogP contribution in [0.15, 0.2) is 51.9 Å². The second kappa shape index (κ2) is 7.59. The summed E-state index contributed by atoms with van der Waals surface area (Å²) >= 11 is 6.53. The molecule has 4 aromatic rings. The maximum atomic E-state index is 15.4. The molecule has 7 nitrogen and oxygen atoms in total. The lowest BCUT2D eigenvalue weighted by Gasteiger charge is -2.17. The van der Waals surface area contributed by atoms with Crippen molar-refractivity contribution in [3.8, 4) is 16.8 Å². The molecule has 3 heterocycles. The summed E-state index contributed by atoms with van der Waals surface area (Å²) in [6, 6.07) is 10.4. The molecule has 1 aliphatic carbocycles. The molecule has 1 unspecified atom stereocenters. The molecule has 2 aliphatic rings. The number of nitrogens with zero attached hydrogens (tertiary/aromatic N) is 3. The number of amides is 1. The summed E-state index contributed by atoms with van der Waals surface area (Å²) in [5, 5.41) is 7.60. The fraction of sp³-hybridized carbons (Fsp3) is 0.292. The number of likely N-dealkylation sites (tertiary alicyclic amines) is 1. The number of hydrogen-bond acceptors (Lipinski definition) is 4. The monoisotopic (exact) mass is 466 g/mol. The van der Waals surface area contributed by atoms with Gasteiger partial charge in [0, 0.05) is 30.3 Å². The Kier molecular flexibility index (Phi) is 4.65. The standard InChI is InChI=1S/C24H20ClFN4O3/c25-18-10-17(14-3-4-20-15(9-14)6-8-33-20)11-19(26)21(18)30-22(27-28-24(30)32)16-5-7-29(12-16)23(31)13-1-2-13/h3-4,6,8-11,13,16H,1-2,5,7,12H2,(H,28,32). The highest BCUT2D eigenvalue weighted by Gasteiger charge is 2.38. The zero-order chi connectivity index (χ0) is 22.7. The Balaban J connectivity index is 1.36. The summed E-state index contributed by atoms with van der Waals surface area (Å²) in [5.41, 5.74) is 1.50. The van der Waals surface area contributed by atoms with Gasteiger partial charge in [0.15, 0.2) is 0 Å². The first-order chi connectivity index (χ1) is 16.0. The molecule has 0 bridgehead atoms. The number of hydrogen-bond donors (Lipinski definition) is 1. The molecule has 1 aliphatic heterocycles. The summed E-state index contributed by atoms with van der Waals surface area (Å²) in [4.78, 5) is 26.9. The first-order valence-electron chi connectivity index (χ1n) is 10.9. The van der Waals surface area contributed by atoms with E-state index in [1.165, 1.54) is 10.6 Å². The molecule has 1 saturated carbocycles. The number of halogens is 2. The molecule has 2 aromatic heterocycles. The van der Waals surface area contributed by atoms with Crippen LogP contribution in [0.25, 0.3) is 27.8 Å². The molecule has 0 spiro atoms. The van der Waals surface area contributed by atoms with E-state index in [0.717, 1.165) is 29.4 Å². The number of carbonyl (C=O) groups excluding carboxylic acids is 1. The molecule has 33 heavy (non-hydrogen) atoms. The molecule has 1 saturated heterocycles. The number of carbonyl (C=O) groups is 1. The lowest BCUT2D eigenvalue weighted by atomic mass is 10.0. The average Bonchev–Trinajstić information content (AvgIpc) is 3.18. The van der Waals surface area contributed by atoms with E-state index in [9.17, 15) is 9.59 Å². The minimum atomic E-state index is -0.626. The van der Waals surface area contributed by atoms with Gasteiger partial charge in [-0.3, -0.25) is 4.79 Å². The Morgan fingerprint density at radius 2 is 2.00 bits per heavy atom. The second-order valence-electron chi connectivity index (χ2n) is 8.73. The SMILES string of the molecule is O=C(C1CC1)N1CCC(c2n[nH]c(=O)n2-c2c(F)cc(-c3ccc4occc4c3)cc2Cl)C1. The van der Waals surface area contributed by atoms with Crippen LogP contribution in [-0.2, 0) is 4.79 Å². The van der Waals surface area contributed by atoms with Crippen LogP contribution in [0.1, 0.15) is 31.0 Å². The van der Waals surface area contributed by atoms with Gasteiger partial charge in [-0.05, 0) is 60.7 Å². The normalized spacial score (nSPS) is 18.4. The van der Waals surface area contributed by atoms with Gasteiger partial charge in [0.2, 0.25) is 5.91 Å². The molecule has 168 valence electrons. The highest BCUT2D eigenvalue weighted by Crippen LogP contribution is 2.36. The molecule has 6 rings (SSSR count). The molecular weight excluding hydrogens is 447 g/mol. The van der Waals surface area contributed by atoms with Gasteiger partial charge in [0.1, 0.15) is 22.9 Å². The number of rotatable bonds is 4. The maximum absolute atomic E-state index is 15.4. The minimum Gasteiger partial charge on any atom is -0.464 e. The quantitative estimate of drug-likeness (QED) is 0.480. The molecule has 1 atom stereocenters. The van der Waals surface area contributed by atoms with Crippen LogP contribution in [0.3, 0.4) is 0 Å². The van der Waals surface area contributed by atoms with Crippen LogP contribution in [-0.4, -0.2) is 38.7 Å². The van der Waals surface area contributed by atoms with E-state index in [-0.39, 0.29) is 28.5 Å². The Morgan fingerprint density at radius 1 is 1.15 bits per heavy atom. The minimum absolute atomic E-state index is 0.0366. The number of furan rings is 1. The van der Waals surface area contributed by atoms with Crippen molar-refractivity contribution in [2.75, 3.05) is 13.1 Å². The van der Waals surface area contributed by atoms with Gasteiger partial charge in [-0.1, -0.05) is 17.7 Å². The van der Waals surface area contributed by atoms with Crippen LogP contribution in [0.5, 0.6) is 0 Å². The molecule has 2 aromatic carbocycles. The van der Waals surface area contributed by atoms with Gasteiger partial charge in [-0.2, -0.15) is 5.10 Å². The summed E-state index contributed by atoms with van der Waals surface area (Å²) in [7, 11) is 0. The number of aromatic amines is 1. The predicted molar refractivity (Wildman–Crippen MR) is 121 cm³/mol. The van der Waals surface area contributed by atoms with E-state index in [4.69, 9.17) is 16.0 Å². The summed E-state index contributed by atoms with van der Waals surface area (Å²) < 4.78 is 22.0. The Morgan fingerprint density at radius 3 is 2.79 bits per heavy atom. The molecular formula is C24H20ClFN4O3. The number of nitrogens with one attached hydrogen (secondary N) is 1. The van der Waals surface area contributed by atoms with Crippen LogP contribution < -0.4 is 5.69 Å². The van der Waals surface area contributed by atoms with Gasteiger partial charge in [-0.15, -0.1) is 0 Å². The average molecular weight is 467 g/mol. The van der Waals surface area contributed by atoms with Crippen LogP contribution in [0.2, 0.25) is 5.02 Å². The molecule has 2 fully saturated rings. The molecule has 9 heteroatoms. The van der Waals surface area contributed by atoms with Crippen molar-refractivity contribution in [1.82, 2.24) is 19.7 Å². The summed E-state index contributed by atoms with van der Waals surface area (Å²) in [6.07, 6.45) is 4.13. The molecule has 1 N–H and O–H groups in total. The highest BCUT2D eigenvalue weighted by molar-refractivity contribution is 6.32. The largest absolute Gasteiger partial charge is 0.464 e. The van der Waals surface area contributed by atoms with E-state index < -0.39 is 11.5 Å². The maximum Gasteiger partial charge on any atom is 0.348 e. The molecule has 0 radical (unpaired) electrons. The van der Waals surface area contributed by atoms with Crippen molar-refractivity contribution in [2.24, 2.45) is 5.92 Å². The fourth-order valence-corrected chi connectivity index (χ4v) is 4.94. The van der Waals surface area contributed by atoms with Crippen molar-refractivity contribution in [3.63, 3.8) is 0 Å². The van der Waals surface area contributed by atoms with Crippen molar-refractivity contribution in [2.45, 2.75) is 25.2 Å². The fourth-order valence-electron chi connectivity index (χ4n) is 4.65. The third-order valence-corrected chi connectivity index (χ3v) is 6.80. The van der Waals surface area contributed by atoms with E-state index in [1.807, 2.05) is 29.2 Å². The van der Waals surface area contributed by atoms with Crippen LogP contribution in [0.4, 0.5) is 4.39 Å². The van der Waals surface area contributed by atoms with Crippen molar-refractivity contribution in [3.05, 3.63) is 69.8 Å². The Hall–Kier alpha value is -3.39. The van der Waals surface area contributed by atoms with Gasteiger partial charge in [-0.25, -0.2) is 18.9 Å². The third-order valence-electron chi connectivity index (χ3n) is 6.52. The summed E-state index contributed by atoms with van der Waals surface area (Å²) in [6.45, 7) is 1.06. The molecule has 1 amide bonds.